The summed E-state index contributed by atoms with van der Waals surface area (Å²) in [6.45, 7) is 17.7. The monoisotopic (exact) mass is 345 g/mol. The first kappa shape index (κ1) is 24.4. The van der Waals surface area contributed by atoms with Gasteiger partial charge in [0, 0.05) is 0 Å². The van der Waals surface area contributed by atoms with E-state index in [2.05, 4.69) is 37.5 Å². The van der Waals surface area contributed by atoms with E-state index in [9.17, 15) is 0 Å². The molecule has 0 heterocycles. The molecule has 0 amide bonds. The van der Waals surface area contributed by atoms with Crippen LogP contribution in [-0.2, 0) is 0 Å². The van der Waals surface area contributed by atoms with Crippen LogP contribution < -0.4 is 0 Å². The van der Waals surface area contributed by atoms with Crippen LogP contribution in [0, 0.1) is 0 Å². The van der Waals surface area contributed by atoms with Gasteiger partial charge in [-0.25, -0.2) is 0 Å². The van der Waals surface area contributed by atoms with E-state index in [0.29, 0.717) is 0 Å². The third-order valence-corrected chi connectivity index (χ3v) is 4.89. The molecule has 144 valence electrons. The molecule has 25 heavy (non-hydrogen) atoms. The van der Waals surface area contributed by atoms with Crippen molar-refractivity contribution in [1.29, 1.82) is 0 Å². The van der Waals surface area contributed by atoms with Gasteiger partial charge in [-0.1, -0.05) is 0 Å². The first-order valence-electron chi connectivity index (χ1n) is 11.0. The predicted molar refractivity (Wildman–Crippen MR) is 118 cm³/mol. The Kier molecular flexibility index (Phi) is 19.3. The van der Waals surface area contributed by atoms with Gasteiger partial charge in [-0.2, -0.15) is 0 Å². The molecule has 0 aromatic rings. The Morgan fingerprint density at radius 3 is 1.52 bits per heavy atom. The summed E-state index contributed by atoms with van der Waals surface area (Å²) in [7, 11) is 0. The molecule has 0 bridgehead atoms. The Balaban J connectivity index is 3.90. The van der Waals surface area contributed by atoms with Gasteiger partial charge in [0.25, 0.3) is 0 Å². The van der Waals surface area contributed by atoms with Gasteiger partial charge in [0.2, 0.25) is 0 Å². The Bertz CT molecular complexity index is 326. The van der Waals surface area contributed by atoms with Gasteiger partial charge in [0.05, 0.1) is 0 Å². The molecular formula is C23H44BN. The molecule has 2 heteroatoms. The van der Waals surface area contributed by atoms with Crippen molar-refractivity contribution in [3.05, 3.63) is 18.6 Å². The molecule has 1 nitrogen and oxygen atoms in total. The number of nitrogens with zero attached hydrogens (tertiary/aromatic N) is 1. The molecule has 0 radical (unpaired) electrons. The Morgan fingerprint density at radius 2 is 1.12 bits per heavy atom. The van der Waals surface area contributed by atoms with Crippen LogP contribution >= 0.6 is 0 Å². The van der Waals surface area contributed by atoms with Crippen LogP contribution in [0.4, 0.5) is 0 Å². The molecule has 0 aromatic carbocycles. The minimum absolute atomic E-state index is 0.980. The van der Waals surface area contributed by atoms with E-state index < -0.39 is 0 Å². The van der Waals surface area contributed by atoms with Gasteiger partial charge in [-0.3, -0.25) is 0 Å². The van der Waals surface area contributed by atoms with Crippen LogP contribution in [0.1, 0.15) is 104 Å². The summed E-state index contributed by atoms with van der Waals surface area (Å²) in [4.78, 5) is 2.59. The molecule has 0 N–H and O–H groups in total. The molecule has 0 rings (SSSR count). The number of unbranched alkanes of at least 4 members (excludes halogenated alkanes) is 12. The Labute approximate surface area is 159 Å². The molecule has 0 atom stereocenters. The van der Waals surface area contributed by atoms with E-state index in [-0.39, 0.29) is 0 Å². The number of hydrogen-bond donors (Lipinski definition) is 0. The maximum absolute atomic E-state index is 4.14. The molecule has 0 unspecified atom stereocenters. The maximum atomic E-state index is 4.14. The molecule has 0 spiro atoms. The minimum atomic E-state index is 0.980. The summed E-state index contributed by atoms with van der Waals surface area (Å²) in [6.07, 6.45) is 19.3. The summed E-state index contributed by atoms with van der Waals surface area (Å²) in [5, 5.41) is 0. The summed E-state index contributed by atoms with van der Waals surface area (Å²) in [5.74, 6) is 0. The fourth-order valence-electron chi connectivity index (χ4n) is 3.33. The third kappa shape index (κ3) is 18.0. The second-order valence-corrected chi connectivity index (χ2v) is 7.53. The van der Waals surface area contributed by atoms with Gasteiger partial charge in [0.15, 0.2) is 0 Å². The van der Waals surface area contributed by atoms with Crippen LogP contribution in [0.3, 0.4) is 0 Å². The zero-order valence-electron chi connectivity index (χ0n) is 17.5. The molecule has 0 aliphatic carbocycles. The molecule has 0 saturated carbocycles. The van der Waals surface area contributed by atoms with Gasteiger partial charge in [-0.05, 0) is 0 Å². The summed E-state index contributed by atoms with van der Waals surface area (Å²) in [5.41, 5.74) is 4.00. The van der Waals surface area contributed by atoms with Crippen molar-refractivity contribution in [2.45, 2.75) is 104 Å². The van der Waals surface area contributed by atoms with E-state index in [1.165, 1.54) is 103 Å². The second kappa shape index (κ2) is 19.7. The van der Waals surface area contributed by atoms with E-state index in [0.717, 1.165) is 12.0 Å². The zero-order chi connectivity index (χ0) is 18.6. The van der Waals surface area contributed by atoms with Gasteiger partial charge in [0.1, 0.15) is 0 Å². The fraction of sp³-hybridized carbons (Fsp3) is 0.826. The fourth-order valence-corrected chi connectivity index (χ4v) is 3.33. The van der Waals surface area contributed by atoms with Crippen LogP contribution in [0.2, 0.25) is 0 Å². The summed E-state index contributed by atoms with van der Waals surface area (Å²) < 4.78 is 0. The Morgan fingerprint density at radius 1 is 0.720 bits per heavy atom. The average Bonchev–Trinajstić information content (AvgIpc) is 2.60. The Hall–Kier alpha value is -0.585. The van der Waals surface area contributed by atoms with Crippen molar-refractivity contribution in [1.82, 2.24) is 4.90 Å². The SMILES string of the molecule is C=C=BC(=C)CN(CCCCCCCCC)CCCCCCCCC. The van der Waals surface area contributed by atoms with E-state index in [4.69, 9.17) is 0 Å². The number of rotatable bonds is 19. The van der Waals surface area contributed by atoms with Crippen molar-refractivity contribution in [3.63, 3.8) is 0 Å². The number of hydrogen-bond acceptors (Lipinski definition) is 1. The van der Waals surface area contributed by atoms with Crippen molar-refractivity contribution in [2.75, 3.05) is 19.6 Å². The van der Waals surface area contributed by atoms with E-state index in [1.54, 1.807) is 0 Å². The molecule has 0 aliphatic heterocycles. The molecular weight excluding hydrogens is 301 g/mol. The van der Waals surface area contributed by atoms with E-state index in [1.807, 2.05) is 6.92 Å². The second-order valence-electron chi connectivity index (χ2n) is 7.53. The summed E-state index contributed by atoms with van der Waals surface area (Å²) in [6, 6.07) is 0. The molecule has 0 saturated heterocycles. The van der Waals surface area contributed by atoms with Crippen molar-refractivity contribution in [2.24, 2.45) is 0 Å². The van der Waals surface area contributed by atoms with Crippen LogP contribution in [0.5, 0.6) is 0 Å². The average molecular weight is 345 g/mol. The van der Waals surface area contributed by atoms with Crippen LogP contribution in [0.25, 0.3) is 0 Å². The van der Waals surface area contributed by atoms with Crippen LogP contribution in [0.15, 0.2) is 18.6 Å². The molecule has 0 aliphatic rings. The predicted octanol–water partition coefficient (Wildman–Crippen LogP) is 6.59. The van der Waals surface area contributed by atoms with E-state index >= 15 is 0 Å². The third-order valence-electron chi connectivity index (χ3n) is 4.89. The van der Waals surface area contributed by atoms with Gasteiger partial charge >= 0.3 is 159 Å². The van der Waals surface area contributed by atoms with Gasteiger partial charge in [-0.15, -0.1) is 0 Å². The normalized spacial score (nSPS) is 10.7. The van der Waals surface area contributed by atoms with Crippen molar-refractivity contribution < 1.29 is 0 Å². The first-order chi connectivity index (χ1) is 12.2. The molecule has 0 fully saturated rings. The zero-order valence-corrected chi connectivity index (χ0v) is 17.5. The van der Waals surface area contributed by atoms with Crippen molar-refractivity contribution in [3.8, 4) is 0 Å². The van der Waals surface area contributed by atoms with Gasteiger partial charge < -0.3 is 0 Å². The van der Waals surface area contributed by atoms with Crippen molar-refractivity contribution >= 4 is 12.5 Å². The summed E-state index contributed by atoms with van der Waals surface area (Å²) >= 11 is 0. The topological polar surface area (TPSA) is 3.24 Å². The standard InChI is InChI=1S/C23H44BN/c1-5-8-10-12-14-16-18-20-25(22-23(4)24-7-3)21-19-17-15-13-11-9-6-2/h3-6,8-22H2,1-2H3. The van der Waals surface area contributed by atoms with Crippen LogP contribution in [-0.4, -0.2) is 37.1 Å². The quantitative estimate of drug-likeness (QED) is 0.188. The first-order valence-corrected chi connectivity index (χ1v) is 11.0. The molecule has 0 aromatic heterocycles.